The summed E-state index contributed by atoms with van der Waals surface area (Å²) in [5.41, 5.74) is 2.71. The van der Waals surface area contributed by atoms with Crippen molar-refractivity contribution in [2.24, 2.45) is 0 Å². The van der Waals surface area contributed by atoms with E-state index in [-0.39, 0.29) is 6.29 Å². The molecule has 1 heterocycles. The Morgan fingerprint density at radius 1 is 1.24 bits per heavy atom. The van der Waals surface area contributed by atoms with Gasteiger partial charge in [0.15, 0.2) is 6.29 Å². The molecule has 1 aromatic carbocycles. The van der Waals surface area contributed by atoms with E-state index < -0.39 is 0 Å². The van der Waals surface area contributed by atoms with E-state index in [9.17, 15) is 0 Å². The Bertz CT molecular complexity index is 317. The number of rotatable bonds is 5. The SMILES string of the molecule is Bc1ccc(CCCOC2CCCCO2)cc1. The topological polar surface area (TPSA) is 18.5 Å². The van der Waals surface area contributed by atoms with Crippen LogP contribution in [0.4, 0.5) is 0 Å². The van der Waals surface area contributed by atoms with E-state index in [2.05, 4.69) is 32.1 Å². The Morgan fingerprint density at radius 2 is 2.06 bits per heavy atom. The van der Waals surface area contributed by atoms with Gasteiger partial charge in [-0.15, -0.1) is 0 Å². The van der Waals surface area contributed by atoms with Gasteiger partial charge in [0, 0.05) is 6.61 Å². The molecule has 3 heteroatoms. The molecule has 0 spiro atoms. The van der Waals surface area contributed by atoms with Gasteiger partial charge in [-0.05, 0) is 37.7 Å². The van der Waals surface area contributed by atoms with Crippen molar-refractivity contribution in [3.8, 4) is 0 Å². The van der Waals surface area contributed by atoms with Crippen molar-refractivity contribution in [1.29, 1.82) is 0 Å². The minimum Gasteiger partial charge on any atom is -0.353 e. The van der Waals surface area contributed by atoms with Gasteiger partial charge in [0.1, 0.15) is 7.85 Å². The normalized spacial score (nSPS) is 20.4. The summed E-state index contributed by atoms with van der Waals surface area (Å²) in [6.07, 6.45) is 5.70. The summed E-state index contributed by atoms with van der Waals surface area (Å²) < 4.78 is 11.2. The number of hydrogen-bond donors (Lipinski definition) is 0. The highest BCUT2D eigenvalue weighted by Crippen LogP contribution is 2.14. The molecule has 1 atom stereocenters. The Labute approximate surface area is 105 Å². The third-order valence-electron chi connectivity index (χ3n) is 3.17. The van der Waals surface area contributed by atoms with Gasteiger partial charge in [0.05, 0.1) is 6.61 Å². The maximum Gasteiger partial charge on any atom is 0.157 e. The lowest BCUT2D eigenvalue weighted by molar-refractivity contribution is -0.162. The van der Waals surface area contributed by atoms with Crippen LogP contribution in [0.3, 0.4) is 0 Å². The standard InChI is InChI=1S/C14H21BO2/c15-13-8-6-12(7-9-13)4-3-11-17-14-5-1-2-10-16-14/h6-9,14H,1-5,10-11,15H2. The molecule has 2 rings (SSSR count). The van der Waals surface area contributed by atoms with Crippen LogP contribution in [0.5, 0.6) is 0 Å². The number of hydrogen-bond acceptors (Lipinski definition) is 2. The Morgan fingerprint density at radius 3 is 2.76 bits per heavy atom. The average Bonchev–Trinajstić information content (AvgIpc) is 2.38. The van der Waals surface area contributed by atoms with E-state index in [4.69, 9.17) is 9.47 Å². The molecule has 1 unspecified atom stereocenters. The first kappa shape index (κ1) is 12.7. The van der Waals surface area contributed by atoms with Crippen molar-refractivity contribution in [3.05, 3.63) is 29.8 Å². The quantitative estimate of drug-likeness (QED) is 0.564. The monoisotopic (exact) mass is 232 g/mol. The Hall–Kier alpha value is -0.795. The van der Waals surface area contributed by atoms with Crippen LogP contribution in [0.15, 0.2) is 24.3 Å². The van der Waals surface area contributed by atoms with Gasteiger partial charge in [-0.25, -0.2) is 0 Å². The smallest absolute Gasteiger partial charge is 0.157 e. The predicted molar refractivity (Wildman–Crippen MR) is 72.5 cm³/mol. The van der Waals surface area contributed by atoms with E-state index in [0.717, 1.165) is 32.5 Å². The first-order chi connectivity index (χ1) is 8.34. The summed E-state index contributed by atoms with van der Waals surface area (Å²) in [6, 6.07) is 8.74. The molecule has 1 aliphatic rings. The molecule has 1 fully saturated rings. The molecule has 0 amide bonds. The van der Waals surface area contributed by atoms with Crippen LogP contribution in [-0.4, -0.2) is 27.4 Å². The molecule has 0 aromatic heterocycles. The summed E-state index contributed by atoms with van der Waals surface area (Å²) in [5, 5.41) is 0. The summed E-state index contributed by atoms with van der Waals surface area (Å²) in [7, 11) is 2.12. The first-order valence-corrected chi connectivity index (χ1v) is 6.63. The molecule has 2 nitrogen and oxygen atoms in total. The highest BCUT2D eigenvalue weighted by Gasteiger charge is 2.13. The molecule has 0 bridgehead atoms. The summed E-state index contributed by atoms with van der Waals surface area (Å²) in [5.74, 6) is 0. The lowest BCUT2D eigenvalue weighted by atomic mass is 9.94. The zero-order valence-electron chi connectivity index (χ0n) is 10.7. The molecule has 1 aromatic rings. The van der Waals surface area contributed by atoms with Gasteiger partial charge in [0.2, 0.25) is 0 Å². The zero-order chi connectivity index (χ0) is 11.9. The van der Waals surface area contributed by atoms with Crippen LogP contribution in [0.1, 0.15) is 31.2 Å². The molecule has 0 N–H and O–H groups in total. The molecule has 0 radical (unpaired) electrons. The van der Waals surface area contributed by atoms with E-state index in [1.807, 2.05) is 0 Å². The second-order valence-electron chi connectivity index (χ2n) is 4.76. The van der Waals surface area contributed by atoms with Crippen molar-refractivity contribution >= 4 is 13.3 Å². The minimum absolute atomic E-state index is 0.0572. The Kier molecular flexibility index (Phi) is 5.08. The highest BCUT2D eigenvalue weighted by atomic mass is 16.7. The molecule has 17 heavy (non-hydrogen) atoms. The minimum atomic E-state index is 0.0572. The van der Waals surface area contributed by atoms with Crippen LogP contribution >= 0.6 is 0 Å². The van der Waals surface area contributed by atoms with E-state index >= 15 is 0 Å². The zero-order valence-corrected chi connectivity index (χ0v) is 10.7. The van der Waals surface area contributed by atoms with Crippen LogP contribution in [-0.2, 0) is 15.9 Å². The average molecular weight is 232 g/mol. The first-order valence-electron chi connectivity index (χ1n) is 6.63. The van der Waals surface area contributed by atoms with Crippen molar-refractivity contribution in [1.82, 2.24) is 0 Å². The van der Waals surface area contributed by atoms with Crippen LogP contribution in [0.25, 0.3) is 0 Å². The van der Waals surface area contributed by atoms with Gasteiger partial charge >= 0.3 is 0 Å². The number of benzene rings is 1. The lowest BCUT2D eigenvalue weighted by Crippen LogP contribution is -2.22. The van der Waals surface area contributed by atoms with Gasteiger partial charge in [-0.1, -0.05) is 29.7 Å². The van der Waals surface area contributed by atoms with Crippen molar-refractivity contribution in [2.45, 2.75) is 38.4 Å². The maximum absolute atomic E-state index is 5.71. The van der Waals surface area contributed by atoms with Crippen molar-refractivity contribution < 1.29 is 9.47 Å². The van der Waals surface area contributed by atoms with Gasteiger partial charge in [0.25, 0.3) is 0 Å². The molecule has 92 valence electrons. The molecule has 0 aliphatic carbocycles. The molecular formula is C14H21BO2. The fraction of sp³-hybridized carbons (Fsp3) is 0.571. The summed E-state index contributed by atoms with van der Waals surface area (Å²) in [4.78, 5) is 0. The predicted octanol–water partition coefficient (Wildman–Crippen LogP) is 1.42. The second-order valence-corrected chi connectivity index (χ2v) is 4.76. The van der Waals surface area contributed by atoms with Crippen LogP contribution in [0, 0.1) is 0 Å². The van der Waals surface area contributed by atoms with Crippen molar-refractivity contribution in [3.63, 3.8) is 0 Å². The second kappa shape index (κ2) is 6.82. The third kappa shape index (κ3) is 4.53. The molecule has 1 saturated heterocycles. The lowest BCUT2D eigenvalue weighted by Gasteiger charge is -2.22. The highest BCUT2D eigenvalue weighted by molar-refractivity contribution is 6.32. The van der Waals surface area contributed by atoms with Gasteiger partial charge < -0.3 is 9.47 Å². The largest absolute Gasteiger partial charge is 0.353 e. The van der Waals surface area contributed by atoms with Gasteiger partial charge in [-0.2, -0.15) is 0 Å². The number of aryl methyl sites for hydroxylation is 1. The van der Waals surface area contributed by atoms with Crippen LogP contribution in [0.2, 0.25) is 0 Å². The van der Waals surface area contributed by atoms with E-state index in [1.54, 1.807) is 0 Å². The maximum atomic E-state index is 5.71. The molecular weight excluding hydrogens is 211 g/mol. The van der Waals surface area contributed by atoms with Crippen LogP contribution < -0.4 is 5.46 Å². The van der Waals surface area contributed by atoms with E-state index in [1.165, 1.54) is 23.9 Å². The van der Waals surface area contributed by atoms with E-state index in [0.29, 0.717) is 0 Å². The molecule has 0 saturated carbocycles. The van der Waals surface area contributed by atoms with Gasteiger partial charge in [-0.3, -0.25) is 0 Å². The Balaban J connectivity index is 1.60. The third-order valence-corrected chi connectivity index (χ3v) is 3.17. The fourth-order valence-corrected chi connectivity index (χ4v) is 2.09. The number of ether oxygens (including phenoxy) is 2. The summed E-state index contributed by atoms with van der Waals surface area (Å²) in [6.45, 7) is 1.67. The summed E-state index contributed by atoms with van der Waals surface area (Å²) >= 11 is 0. The van der Waals surface area contributed by atoms with Crippen molar-refractivity contribution in [2.75, 3.05) is 13.2 Å². The molecule has 1 aliphatic heterocycles. The fourth-order valence-electron chi connectivity index (χ4n) is 2.09.